The summed E-state index contributed by atoms with van der Waals surface area (Å²) in [7, 11) is 4.28. The van der Waals surface area contributed by atoms with E-state index in [4.69, 9.17) is 19.3 Å². The second kappa shape index (κ2) is 6.99. The molecule has 1 aromatic rings. The molecule has 0 saturated heterocycles. The van der Waals surface area contributed by atoms with Crippen LogP contribution in [0.3, 0.4) is 0 Å². The van der Waals surface area contributed by atoms with E-state index in [1.165, 1.54) is 27.4 Å². The third kappa shape index (κ3) is 3.32. The van der Waals surface area contributed by atoms with Crippen LogP contribution in [0.5, 0.6) is 17.2 Å². The molecule has 0 heterocycles. The highest BCUT2D eigenvalue weighted by atomic mass is 79.9. The highest BCUT2D eigenvalue weighted by Crippen LogP contribution is 2.44. The molecule has 0 saturated carbocycles. The van der Waals surface area contributed by atoms with Crippen molar-refractivity contribution >= 4 is 27.8 Å². The number of ether oxygens (including phenoxy) is 3. The Hall–Kier alpha value is -1.96. The number of aliphatic carboxylic acids is 1. The number of carbonyl (C=O) groups excluding carboxylic acids is 1. The molecule has 1 amide bonds. The molecule has 8 heteroatoms. The van der Waals surface area contributed by atoms with E-state index in [0.29, 0.717) is 16.0 Å². The highest BCUT2D eigenvalue weighted by molar-refractivity contribution is 9.10. The lowest BCUT2D eigenvalue weighted by atomic mass is 10.1. The first-order valence-electron chi connectivity index (χ1n) is 5.44. The van der Waals surface area contributed by atoms with Crippen molar-refractivity contribution in [2.24, 2.45) is 0 Å². The standard InChI is InChI=1S/C12H14BrNO6/c1-18-7-4-6(12(17)14-5-8(15)16)9(13)11(20-3)10(7)19-2/h4H,5H2,1-3H3,(H,14,17)(H,15,16). The zero-order valence-electron chi connectivity index (χ0n) is 11.2. The number of nitrogens with one attached hydrogen (secondary N) is 1. The van der Waals surface area contributed by atoms with Crippen molar-refractivity contribution in [1.82, 2.24) is 5.32 Å². The van der Waals surface area contributed by atoms with E-state index < -0.39 is 18.4 Å². The predicted octanol–water partition coefficient (Wildman–Crippen LogP) is 1.29. The topological polar surface area (TPSA) is 94.1 Å². The molecule has 0 spiro atoms. The molecule has 110 valence electrons. The maximum absolute atomic E-state index is 11.9. The fourth-order valence-corrected chi connectivity index (χ4v) is 2.17. The largest absolute Gasteiger partial charge is 0.493 e. The Morgan fingerprint density at radius 1 is 1.20 bits per heavy atom. The van der Waals surface area contributed by atoms with Gasteiger partial charge in [-0.05, 0) is 22.0 Å². The molecule has 0 unspecified atom stereocenters. The Morgan fingerprint density at radius 2 is 1.80 bits per heavy atom. The Bertz CT molecular complexity index is 531. The van der Waals surface area contributed by atoms with Gasteiger partial charge in [-0.25, -0.2) is 0 Å². The van der Waals surface area contributed by atoms with Crippen molar-refractivity contribution in [2.75, 3.05) is 27.9 Å². The van der Waals surface area contributed by atoms with Crippen LogP contribution >= 0.6 is 15.9 Å². The number of carboxylic acid groups (broad SMARTS) is 1. The van der Waals surface area contributed by atoms with Crippen molar-refractivity contribution in [1.29, 1.82) is 0 Å². The van der Waals surface area contributed by atoms with Crippen LogP contribution < -0.4 is 19.5 Å². The van der Waals surface area contributed by atoms with E-state index in [2.05, 4.69) is 21.2 Å². The summed E-state index contributed by atoms with van der Waals surface area (Å²) in [5.41, 5.74) is 0.181. The molecular formula is C12H14BrNO6. The van der Waals surface area contributed by atoms with E-state index in [1.54, 1.807) is 0 Å². The normalized spacial score (nSPS) is 9.80. The van der Waals surface area contributed by atoms with E-state index in [9.17, 15) is 9.59 Å². The number of carboxylic acids is 1. The van der Waals surface area contributed by atoms with E-state index in [-0.39, 0.29) is 11.3 Å². The van der Waals surface area contributed by atoms with Crippen LogP contribution in [0, 0.1) is 0 Å². The average Bonchev–Trinajstić information content (AvgIpc) is 2.43. The van der Waals surface area contributed by atoms with Crippen LogP contribution in [0.4, 0.5) is 0 Å². The van der Waals surface area contributed by atoms with Gasteiger partial charge in [-0.3, -0.25) is 9.59 Å². The average molecular weight is 348 g/mol. The van der Waals surface area contributed by atoms with Gasteiger partial charge in [0, 0.05) is 0 Å². The van der Waals surface area contributed by atoms with Crippen molar-refractivity contribution in [3.8, 4) is 17.2 Å². The minimum Gasteiger partial charge on any atom is -0.493 e. The summed E-state index contributed by atoms with van der Waals surface area (Å²) in [5, 5.41) is 10.8. The zero-order valence-corrected chi connectivity index (χ0v) is 12.7. The molecule has 0 aromatic heterocycles. The van der Waals surface area contributed by atoms with Gasteiger partial charge < -0.3 is 24.6 Å². The van der Waals surface area contributed by atoms with Crippen LogP contribution in [0.15, 0.2) is 10.5 Å². The minimum atomic E-state index is -1.14. The maximum atomic E-state index is 11.9. The summed E-state index contributed by atoms with van der Waals surface area (Å²) in [5.74, 6) is -0.794. The van der Waals surface area contributed by atoms with Crippen LogP contribution in [-0.4, -0.2) is 44.9 Å². The number of rotatable bonds is 6. The van der Waals surface area contributed by atoms with Crippen molar-refractivity contribution < 1.29 is 28.9 Å². The van der Waals surface area contributed by atoms with E-state index in [1.807, 2.05) is 0 Å². The first kappa shape index (κ1) is 16.1. The monoisotopic (exact) mass is 347 g/mol. The zero-order chi connectivity index (χ0) is 15.3. The van der Waals surface area contributed by atoms with E-state index >= 15 is 0 Å². The van der Waals surface area contributed by atoms with Crippen LogP contribution in [0.1, 0.15) is 10.4 Å². The van der Waals surface area contributed by atoms with Gasteiger partial charge in [0.15, 0.2) is 11.5 Å². The summed E-state index contributed by atoms with van der Waals surface area (Å²) in [6.45, 7) is -0.484. The molecule has 7 nitrogen and oxygen atoms in total. The van der Waals surface area contributed by atoms with Crippen LogP contribution in [0.2, 0.25) is 0 Å². The minimum absolute atomic E-state index is 0.181. The lowest BCUT2D eigenvalue weighted by Gasteiger charge is -2.16. The Balaban J connectivity index is 3.26. The predicted molar refractivity (Wildman–Crippen MR) is 73.8 cm³/mol. The molecule has 20 heavy (non-hydrogen) atoms. The van der Waals surface area contributed by atoms with Crippen LogP contribution in [-0.2, 0) is 4.79 Å². The van der Waals surface area contributed by atoms with Gasteiger partial charge in [0.25, 0.3) is 5.91 Å². The number of halogens is 1. The Kier molecular flexibility index (Phi) is 5.63. The number of hydrogen-bond acceptors (Lipinski definition) is 5. The molecule has 1 aromatic carbocycles. The quantitative estimate of drug-likeness (QED) is 0.805. The Morgan fingerprint density at radius 3 is 2.25 bits per heavy atom. The summed E-state index contributed by atoms with van der Waals surface area (Å²) < 4.78 is 15.8. The third-order valence-electron chi connectivity index (χ3n) is 2.41. The lowest BCUT2D eigenvalue weighted by molar-refractivity contribution is -0.135. The number of carbonyl (C=O) groups is 2. The number of benzene rings is 1. The molecule has 2 N–H and O–H groups in total. The van der Waals surface area contributed by atoms with E-state index in [0.717, 1.165) is 0 Å². The number of methoxy groups -OCH3 is 3. The van der Waals surface area contributed by atoms with Gasteiger partial charge in [0.2, 0.25) is 5.75 Å². The van der Waals surface area contributed by atoms with Gasteiger partial charge in [0.1, 0.15) is 6.54 Å². The van der Waals surface area contributed by atoms with Crippen molar-refractivity contribution in [3.05, 3.63) is 16.1 Å². The summed E-state index contributed by atoms with van der Waals surface area (Å²) in [6.07, 6.45) is 0. The van der Waals surface area contributed by atoms with Crippen LogP contribution in [0.25, 0.3) is 0 Å². The smallest absolute Gasteiger partial charge is 0.322 e. The SMILES string of the molecule is COc1cc(C(=O)NCC(=O)O)c(Br)c(OC)c1OC. The molecule has 1 rings (SSSR count). The maximum Gasteiger partial charge on any atom is 0.322 e. The van der Waals surface area contributed by atoms with Gasteiger partial charge in [-0.1, -0.05) is 0 Å². The molecule has 0 atom stereocenters. The first-order chi connectivity index (χ1) is 9.46. The third-order valence-corrected chi connectivity index (χ3v) is 3.20. The second-order valence-electron chi connectivity index (χ2n) is 3.58. The summed E-state index contributed by atoms with van der Waals surface area (Å²) >= 11 is 3.24. The molecule has 0 bridgehead atoms. The fraction of sp³-hybridized carbons (Fsp3) is 0.333. The number of amides is 1. The van der Waals surface area contributed by atoms with Gasteiger partial charge in [-0.15, -0.1) is 0 Å². The molecular weight excluding hydrogens is 334 g/mol. The van der Waals surface area contributed by atoms with Gasteiger partial charge >= 0.3 is 5.97 Å². The van der Waals surface area contributed by atoms with Gasteiger partial charge in [0.05, 0.1) is 31.4 Å². The summed E-state index contributed by atoms with van der Waals surface area (Å²) in [6, 6.07) is 1.43. The second-order valence-corrected chi connectivity index (χ2v) is 4.38. The molecule has 0 fully saturated rings. The molecule has 0 aliphatic carbocycles. The number of hydrogen-bond donors (Lipinski definition) is 2. The first-order valence-corrected chi connectivity index (χ1v) is 6.24. The Labute approximate surface area is 123 Å². The lowest BCUT2D eigenvalue weighted by Crippen LogP contribution is -2.29. The molecule has 0 aliphatic heterocycles. The van der Waals surface area contributed by atoms with Gasteiger partial charge in [-0.2, -0.15) is 0 Å². The summed E-state index contributed by atoms with van der Waals surface area (Å²) in [4.78, 5) is 22.4. The molecule has 0 aliphatic rings. The van der Waals surface area contributed by atoms with Crippen molar-refractivity contribution in [2.45, 2.75) is 0 Å². The highest BCUT2D eigenvalue weighted by Gasteiger charge is 2.22. The molecule has 0 radical (unpaired) electrons. The fourth-order valence-electron chi connectivity index (χ4n) is 1.54. The van der Waals surface area contributed by atoms with Crippen molar-refractivity contribution in [3.63, 3.8) is 0 Å².